The zero-order valence-corrected chi connectivity index (χ0v) is 16.3. The highest BCUT2D eigenvalue weighted by atomic mass is 16.5. The third-order valence-corrected chi connectivity index (χ3v) is 4.61. The summed E-state index contributed by atoms with van der Waals surface area (Å²) in [5.41, 5.74) is 2.90. The Kier molecular flexibility index (Phi) is 6.03. The minimum atomic E-state index is -0.136. The van der Waals surface area contributed by atoms with Crippen LogP contribution in [0.15, 0.2) is 36.4 Å². The van der Waals surface area contributed by atoms with Gasteiger partial charge in [0.15, 0.2) is 18.1 Å². The zero-order chi connectivity index (χ0) is 20.1. The minimum Gasteiger partial charge on any atom is -0.493 e. The molecule has 1 heterocycles. The highest BCUT2D eigenvalue weighted by Gasteiger charge is 2.23. The number of benzene rings is 2. The summed E-state index contributed by atoms with van der Waals surface area (Å²) in [4.78, 5) is 25.4. The average Bonchev–Trinajstić information content (AvgIpc) is 2.71. The van der Waals surface area contributed by atoms with Gasteiger partial charge in [-0.1, -0.05) is 0 Å². The van der Waals surface area contributed by atoms with Gasteiger partial charge in [0.05, 0.1) is 14.2 Å². The number of nitrogens with zero attached hydrogens (tertiary/aromatic N) is 1. The topological polar surface area (TPSA) is 77.1 Å². The predicted octanol–water partition coefficient (Wildman–Crippen LogP) is 2.63. The van der Waals surface area contributed by atoms with Gasteiger partial charge < -0.3 is 24.4 Å². The van der Waals surface area contributed by atoms with Gasteiger partial charge >= 0.3 is 0 Å². The molecule has 0 atom stereocenters. The molecule has 1 aliphatic heterocycles. The van der Waals surface area contributed by atoms with Gasteiger partial charge in [0.25, 0.3) is 5.91 Å². The van der Waals surface area contributed by atoms with Crippen molar-refractivity contribution in [3.05, 3.63) is 47.5 Å². The number of hydrogen-bond acceptors (Lipinski definition) is 5. The van der Waals surface area contributed by atoms with Crippen LogP contribution in [0.2, 0.25) is 0 Å². The fourth-order valence-corrected chi connectivity index (χ4v) is 3.17. The second kappa shape index (κ2) is 8.65. The first-order valence-electron chi connectivity index (χ1n) is 9.02. The Morgan fingerprint density at radius 3 is 2.29 bits per heavy atom. The standard InChI is InChI=1S/C21H24N2O5/c1-14(24)22-17-4-6-18(7-5-17)28-13-21(25)23-9-8-15-10-19(26-2)20(27-3)11-16(15)12-23/h4-7,10-11H,8-9,12-13H2,1-3H3,(H,22,24). The number of anilines is 1. The molecule has 0 fully saturated rings. The molecule has 1 N–H and O–H groups in total. The maximum Gasteiger partial charge on any atom is 0.260 e. The highest BCUT2D eigenvalue weighted by Crippen LogP contribution is 2.33. The van der Waals surface area contributed by atoms with Crippen LogP contribution in [0.4, 0.5) is 5.69 Å². The van der Waals surface area contributed by atoms with E-state index in [4.69, 9.17) is 14.2 Å². The molecule has 2 amide bonds. The number of ether oxygens (including phenoxy) is 3. The summed E-state index contributed by atoms with van der Waals surface area (Å²) in [6, 6.07) is 10.8. The van der Waals surface area contributed by atoms with E-state index in [-0.39, 0.29) is 18.4 Å². The smallest absolute Gasteiger partial charge is 0.260 e. The van der Waals surface area contributed by atoms with Crippen molar-refractivity contribution in [1.82, 2.24) is 4.90 Å². The lowest BCUT2D eigenvalue weighted by Crippen LogP contribution is -2.38. The number of rotatable bonds is 6. The summed E-state index contributed by atoms with van der Waals surface area (Å²) < 4.78 is 16.3. The van der Waals surface area contributed by atoms with E-state index in [1.54, 1.807) is 43.4 Å². The van der Waals surface area contributed by atoms with E-state index in [0.717, 1.165) is 17.5 Å². The molecule has 7 nitrogen and oxygen atoms in total. The molecule has 0 aliphatic carbocycles. The van der Waals surface area contributed by atoms with Crippen molar-refractivity contribution in [3.63, 3.8) is 0 Å². The number of carbonyl (C=O) groups excluding carboxylic acids is 2. The van der Waals surface area contributed by atoms with Gasteiger partial charge in [0, 0.05) is 25.7 Å². The fraction of sp³-hybridized carbons (Fsp3) is 0.333. The van der Waals surface area contributed by atoms with Crippen LogP contribution in [-0.2, 0) is 22.6 Å². The number of amides is 2. The largest absolute Gasteiger partial charge is 0.493 e. The summed E-state index contributed by atoms with van der Waals surface area (Å²) in [5.74, 6) is 1.72. The monoisotopic (exact) mass is 384 g/mol. The number of carbonyl (C=O) groups is 2. The van der Waals surface area contributed by atoms with Gasteiger partial charge in [0.1, 0.15) is 5.75 Å². The molecule has 1 aliphatic rings. The van der Waals surface area contributed by atoms with Crippen LogP contribution in [0.25, 0.3) is 0 Å². The van der Waals surface area contributed by atoms with Gasteiger partial charge in [-0.3, -0.25) is 9.59 Å². The predicted molar refractivity (Wildman–Crippen MR) is 105 cm³/mol. The zero-order valence-electron chi connectivity index (χ0n) is 16.3. The lowest BCUT2D eigenvalue weighted by Gasteiger charge is -2.29. The molecule has 2 aromatic rings. The van der Waals surface area contributed by atoms with Crippen molar-refractivity contribution in [2.45, 2.75) is 19.9 Å². The van der Waals surface area contributed by atoms with Crippen molar-refractivity contribution >= 4 is 17.5 Å². The molecule has 0 saturated heterocycles. The number of hydrogen-bond donors (Lipinski definition) is 1. The first-order chi connectivity index (χ1) is 13.5. The van der Waals surface area contributed by atoms with E-state index in [1.165, 1.54) is 6.92 Å². The lowest BCUT2D eigenvalue weighted by atomic mass is 9.99. The Balaban J connectivity index is 1.59. The SMILES string of the molecule is COc1cc2c(cc1OC)CN(C(=O)COc1ccc(NC(C)=O)cc1)CC2. The molecule has 0 aromatic heterocycles. The van der Waals surface area contributed by atoms with E-state index in [9.17, 15) is 9.59 Å². The second-order valence-electron chi connectivity index (χ2n) is 6.54. The van der Waals surface area contributed by atoms with Gasteiger partial charge in [0.2, 0.25) is 5.91 Å². The van der Waals surface area contributed by atoms with Crippen molar-refractivity contribution < 1.29 is 23.8 Å². The van der Waals surface area contributed by atoms with Gasteiger partial charge in [-0.25, -0.2) is 0 Å². The summed E-state index contributed by atoms with van der Waals surface area (Å²) in [5, 5.41) is 2.69. The minimum absolute atomic E-state index is 0.0396. The lowest BCUT2D eigenvalue weighted by molar-refractivity contribution is -0.134. The van der Waals surface area contributed by atoms with E-state index >= 15 is 0 Å². The van der Waals surface area contributed by atoms with E-state index < -0.39 is 0 Å². The summed E-state index contributed by atoms with van der Waals surface area (Å²) in [6.45, 7) is 2.55. The Labute approximate surface area is 164 Å². The van der Waals surface area contributed by atoms with Gasteiger partial charge in [-0.15, -0.1) is 0 Å². The van der Waals surface area contributed by atoms with Crippen LogP contribution in [-0.4, -0.2) is 44.1 Å². The Hall–Kier alpha value is -3.22. The molecule has 0 spiro atoms. The van der Waals surface area contributed by atoms with Crippen molar-refractivity contribution in [2.24, 2.45) is 0 Å². The summed E-state index contributed by atoms with van der Waals surface area (Å²) in [7, 11) is 3.21. The van der Waals surface area contributed by atoms with Crippen LogP contribution in [0.3, 0.4) is 0 Å². The number of fused-ring (bicyclic) bond motifs is 1. The first kappa shape index (κ1) is 19.5. The molecule has 0 saturated carbocycles. The van der Waals surface area contributed by atoms with E-state index in [2.05, 4.69) is 5.32 Å². The summed E-state index contributed by atoms with van der Waals surface area (Å²) in [6.07, 6.45) is 0.757. The molecule has 148 valence electrons. The van der Waals surface area contributed by atoms with E-state index in [0.29, 0.717) is 36.0 Å². The molecule has 0 bridgehead atoms. The third kappa shape index (κ3) is 4.54. The van der Waals surface area contributed by atoms with Gasteiger partial charge in [-0.05, 0) is 53.9 Å². The van der Waals surface area contributed by atoms with E-state index in [1.807, 2.05) is 12.1 Å². The molecule has 0 unspecified atom stereocenters. The van der Waals surface area contributed by atoms with Crippen LogP contribution in [0, 0.1) is 0 Å². The quantitative estimate of drug-likeness (QED) is 0.829. The molecule has 7 heteroatoms. The first-order valence-corrected chi connectivity index (χ1v) is 9.02. The van der Waals surface area contributed by atoms with Crippen LogP contribution >= 0.6 is 0 Å². The van der Waals surface area contributed by atoms with Gasteiger partial charge in [-0.2, -0.15) is 0 Å². The highest BCUT2D eigenvalue weighted by molar-refractivity contribution is 5.88. The maximum absolute atomic E-state index is 12.6. The molecular weight excluding hydrogens is 360 g/mol. The molecule has 2 aromatic carbocycles. The Morgan fingerprint density at radius 1 is 1.04 bits per heavy atom. The van der Waals surface area contributed by atoms with Crippen molar-refractivity contribution in [3.8, 4) is 17.2 Å². The fourth-order valence-electron chi connectivity index (χ4n) is 3.17. The molecule has 3 rings (SSSR count). The van der Waals surface area contributed by atoms with Crippen LogP contribution in [0.1, 0.15) is 18.1 Å². The Morgan fingerprint density at radius 2 is 1.68 bits per heavy atom. The normalized spacial score (nSPS) is 12.8. The summed E-state index contributed by atoms with van der Waals surface area (Å²) >= 11 is 0. The number of methoxy groups -OCH3 is 2. The maximum atomic E-state index is 12.6. The van der Waals surface area contributed by atoms with Crippen molar-refractivity contribution in [1.29, 1.82) is 0 Å². The molecular formula is C21H24N2O5. The molecule has 0 radical (unpaired) electrons. The van der Waals surface area contributed by atoms with Crippen LogP contribution in [0.5, 0.6) is 17.2 Å². The second-order valence-corrected chi connectivity index (χ2v) is 6.54. The number of nitrogens with one attached hydrogen (secondary N) is 1. The van der Waals surface area contributed by atoms with Crippen molar-refractivity contribution in [2.75, 3.05) is 32.7 Å². The molecule has 28 heavy (non-hydrogen) atoms. The average molecular weight is 384 g/mol. The van der Waals surface area contributed by atoms with Crippen LogP contribution < -0.4 is 19.5 Å². The third-order valence-electron chi connectivity index (χ3n) is 4.61. The Bertz CT molecular complexity index is 864.